The second kappa shape index (κ2) is 7.35. The van der Waals surface area contributed by atoms with Gasteiger partial charge in [0.15, 0.2) is 0 Å². The number of carbonyl (C=O) groups excluding carboxylic acids is 2. The summed E-state index contributed by atoms with van der Waals surface area (Å²) in [5.41, 5.74) is -0.658. The number of carbonyl (C=O) groups is 2. The lowest BCUT2D eigenvalue weighted by molar-refractivity contribution is -0.145. The molecule has 0 radical (unpaired) electrons. The SMILES string of the molecule is CCOC(=O)[C@H](CS(C)=O)NC(=O)OC(C)(C)C. The minimum Gasteiger partial charge on any atom is -0.464 e. The van der Waals surface area contributed by atoms with Crippen molar-refractivity contribution in [1.29, 1.82) is 0 Å². The zero-order valence-corrected chi connectivity index (χ0v) is 12.3. The van der Waals surface area contributed by atoms with E-state index >= 15 is 0 Å². The van der Waals surface area contributed by atoms with Crippen LogP contribution >= 0.6 is 0 Å². The van der Waals surface area contributed by atoms with Gasteiger partial charge in [0.05, 0.1) is 12.4 Å². The second-order valence-electron chi connectivity index (χ2n) is 4.69. The van der Waals surface area contributed by atoms with Crippen LogP contribution in [0, 0.1) is 0 Å². The summed E-state index contributed by atoms with van der Waals surface area (Å²) in [6.45, 7) is 6.99. The van der Waals surface area contributed by atoms with E-state index in [9.17, 15) is 13.8 Å². The van der Waals surface area contributed by atoms with Crippen molar-refractivity contribution in [2.45, 2.75) is 39.3 Å². The van der Waals surface area contributed by atoms with Crippen molar-refractivity contribution in [3.8, 4) is 0 Å². The van der Waals surface area contributed by atoms with Crippen molar-refractivity contribution >= 4 is 22.9 Å². The Bertz CT molecular complexity index is 324. The van der Waals surface area contributed by atoms with Crippen molar-refractivity contribution in [1.82, 2.24) is 5.32 Å². The number of nitrogens with one attached hydrogen (secondary N) is 1. The monoisotopic (exact) mass is 279 g/mol. The van der Waals surface area contributed by atoms with Gasteiger partial charge in [0.2, 0.25) is 0 Å². The summed E-state index contributed by atoms with van der Waals surface area (Å²) in [6, 6.07) is -0.953. The number of esters is 1. The van der Waals surface area contributed by atoms with Crippen LogP contribution < -0.4 is 5.32 Å². The van der Waals surface area contributed by atoms with Gasteiger partial charge in [-0.2, -0.15) is 0 Å². The van der Waals surface area contributed by atoms with E-state index < -0.39 is 34.5 Å². The Morgan fingerprint density at radius 2 is 1.89 bits per heavy atom. The maximum Gasteiger partial charge on any atom is 0.408 e. The summed E-state index contributed by atoms with van der Waals surface area (Å²) in [5.74, 6) is -0.614. The molecule has 0 bridgehead atoms. The highest BCUT2D eigenvalue weighted by molar-refractivity contribution is 7.84. The van der Waals surface area contributed by atoms with E-state index in [0.717, 1.165) is 0 Å². The van der Waals surface area contributed by atoms with Gasteiger partial charge in [-0.25, -0.2) is 9.59 Å². The number of amides is 1. The normalized spacial score (nSPS) is 14.5. The van der Waals surface area contributed by atoms with Gasteiger partial charge in [0.1, 0.15) is 11.6 Å². The molecule has 18 heavy (non-hydrogen) atoms. The van der Waals surface area contributed by atoms with Crippen LogP contribution in [0.4, 0.5) is 4.79 Å². The average Bonchev–Trinajstić information content (AvgIpc) is 2.13. The van der Waals surface area contributed by atoms with Crippen LogP contribution in [-0.2, 0) is 25.1 Å². The van der Waals surface area contributed by atoms with Gasteiger partial charge in [-0.1, -0.05) is 0 Å². The molecule has 0 saturated carbocycles. The summed E-state index contributed by atoms with van der Waals surface area (Å²) < 4.78 is 21.0. The molecule has 6 nitrogen and oxygen atoms in total. The van der Waals surface area contributed by atoms with E-state index in [2.05, 4.69) is 5.32 Å². The third-order valence-electron chi connectivity index (χ3n) is 1.66. The van der Waals surface area contributed by atoms with Gasteiger partial charge in [0.25, 0.3) is 0 Å². The molecule has 1 unspecified atom stereocenters. The van der Waals surface area contributed by atoms with Gasteiger partial charge in [-0.15, -0.1) is 0 Å². The van der Waals surface area contributed by atoms with Gasteiger partial charge >= 0.3 is 12.1 Å². The van der Waals surface area contributed by atoms with Crippen LogP contribution in [0.15, 0.2) is 0 Å². The Labute approximate surface area is 110 Å². The summed E-state index contributed by atoms with van der Waals surface area (Å²) in [6.07, 6.45) is 0.717. The largest absolute Gasteiger partial charge is 0.464 e. The topological polar surface area (TPSA) is 81.7 Å². The van der Waals surface area contributed by atoms with Crippen LogP contribution in [0.2, 0.25) is 0 Å². The Balaban J connectivity index is 4.54. The van der Waals surface area contributed by atoms with E-state index in [-0.39, 0.29) is 12.4 Å². The number of rotatable bonds is 5. The molecule has 0 spiro atoms. The van der Waals surface area contributed by atoms with Gasteiger partial charge in [0, 0.05) is 17.1 Å². The van der Waals surface area contributed by atoms with Crippen molar-refractivity contribution in [3.63, 3.8) is 0 Å². The highest BCUT2D eigenvalue weighted by atomic mass is 32.2. The summed E-state index contributed by atoms with van der Waals surface area (Å²) in [4.78, 5) is 23.1. The first-order valence-electron chi connectivity index (χ1n) is 5.62. The molecule has 7 heteroatoms. The maximum absolute atomic E-state index is 11.6. The smallest absolute Gasteiger partial charge is 0.408 e. The standard InChI is InChI=1S/C11H21NO5S/c1-6-16-9(13)8(7-18(5)15)12-10(14)17-11(2,3)4/h8H,6-7H2,1-5H3,(H,12,14)/t8-,18?/m0/s1. The first-order chi connectivity index (χ1) is 8.15. The van der Waals surface area contributed by atoms with Gasteiger partial charge in [-0.3, -0.25) is 4.21 Å². The third-order valence-corrected chi connectivity index (χ3v) is 2.47. The molecule has 0 aromatic heterocycles. The van der Waals surface area contributed by atoms with Crippen molar-refractivity contribution in [2.75, 3.05) is 18.6 Å². The van der Waals surface area contributed by atoms with Crippen LogP contribution in [0.5, 0.6) is 0 Å². The molecule has 0 aromatic carbocycles. The lowest BCUT2D eigenvalue weighted by Gasteiger charge is -2.22. The van der Waals surface area contributed by atoms with Crippen LogP contribution in [0.3, 0.4) is 0 Å². The fourth-order valence-electron chi connectivity index (χ4n) is 1.10. The van der Waals surface area contributed by atoms with Gasteiger partial charge in [-0.05, 0) is 27.7 Å². The van der Waals surface area contributed by atoms with E-state index in [4.69, 9.17) is 9.47 Å². The molecule has 0 rings (SSSR count). The summed E-state index contributed by atoms with van der Waals surface area (Å²) >= 11 is 0. The number of ether oxygens (including phenoxy) is 2. The van der Waals surface area contributed by atoms with E-state index in [0.29, 0.717) is 0 Å². The minimum atomic E-state index is -1.23. The molecule has 1 amide bonds. The summed E-state index contributed by atoms with van der Waals surface area (Å²) in [5, 5.41) is 2.36. The molecule has 0 fully saturated rings. The maximum atomic E-state index is 11.6. The molecule has 0 aliphatic carbocycles. The number of alkyl carbamates (subject to hydrolysis) is 1. The van der Waals surface area contributed by atoms with E-state index in [1.165, 1.54) is 6.26 Å². The summed E-state index contributed by atoms with van der Waals surface area (Å²) in [7, 11) is -1.23. The lowest BCUT2D eigenvalue weighted by Crippen LogP contribution is -2.47. The van der Waals surface area contributed by atoms with E-state index in [1.54, 1.807) is 27.7 Å². The third kappa shape index (κ3) is 8.05. The van der Waals surface area contributed by atoms with Crippen molar-refractivity contribution in [3.05, 3.63) is 0 Å². The first kappa shape index (κ1) is 16.9. The second-order valence-corrected chi connectivity index (χ2v) is 6.17. The predicted molar refractivity (Wildman–Crippen MR) is 68.7 cm³/mol. The van der Waals surface area contributed by atoms with Crippen molar-refractivity contribution < 1.29 is 23.3 Å². The minimum absolute atomic E-state index is 0.00191. The zero-order valence-electron chi connectivity index (χ0n) is 11.4. The van der Waals surface area contributed by atoms with Gasteiger partial charge < -0.3 is 14.8 Å². The van der Waals surface area contributed by atoms with E-state index in [1.807, 2.05) is 0 Å². The molecule has 1 N–H and O–H groups in total. The fourth-order valence-corrected chi connectivity index (χ4v) is 1.78. The quantitative estimate of drug-likeness (QED) is 0.753. The molecular formula is C11H21NO5S. The number of hydrogen-bond donors (Lipinski definition) is 1. The number of hydrogen-bond acceptors (Lipinski definition) is 5. The fraction of sp³-hybridized carbons (Fsp3) is 0.818. The Kier molecular flexibility index (Phi) is 6.90. The van der Waals surface area contributed by atoms with Crippen molar-refractivity contribution in [2.24, 2.45) is 0 Å². The molecule has 0 aliphatic heterocycles. The predicted octanol–water partition coefficient (Wildman–Crippen LogP) is 0.821. The molecule has 2 atom stereocenters. The Hall–Kier alpha value is -1.11. The van der Waals surface area contributed by atoms with Crippen LogP contribution in [0.1, 0.15) is 27.7 Å². The highest BCUT2D eigenvalue weighted by Crippen LogP contribution is 2.07. The molecule has 0 aromatic rings. The zero-order chi connectivity index (χ0) is 14.3. The highest BCUT2D eigenvalue weighted by Gasteiger charge is 2.26. The average molecular weight is 279 g/mol. The molecule has 106 valence electrons. The van der Waals surface area contributed by atoms with Crippen LogP contribution in [0.25, 0.3) is 0 Å². The lowest BCUT2D eigenvalue weighted by atomic mass is 10.2. The first-order valence-corrected chi connectivity index (χ1v) is 7.34. The van der Waals surface area contributed by atoms with Crippen LogP contribution in [-0.4, -0.2) is 46.5 Å². The Morgan fingerprint density at radius 1 is 1.33 bits per heavy atom. The Morgan fingerprint density at radius 3 is 2.28 bits per heavy atom. The molecule has 0 aliphatic rings. The molecule has 0 saturated heterocycles. The molecule has 0 heterocycles. The molecular weight excluding hydrogens is 258 g/mol.